The number of carbonyl (C=O) groups is 2. The Morgan fingerprint density at radius 1 is 1.10 bits per heavy atom. The molecular formula is C24H27N3O3. The summed E-state index contributed by atoms with van der Waals surface area (Å²) in [6.45, 7) is 5.87. The number of anilines is 1. The lowest BCUT2D eigenvalue weighted by molar-refractivity contribution is -0.144. The van der Waals surface area contributed by atoms with E-state index in [0.717, 1.165) is 36.0 Å². The van der Waals surface area contributed by atoms with Gasteiger partial charge in [0.1, 0.15) is 6.04 Å². The van der Waals surface area contributed by atoms with Crippen LogP contribution in [0.2, 0.25) is 0 Å². The zero-order valence-electron chi connectivity index (χ0n) is 17.3. The first-order valence-corrected chi connectivity index (χ1v) is 10.4. The monoisotopic (exact) mass is 405 g/mol. The molecular weight excluding hydrogens is 378 g/mol. The van der Waals surface area contributed by atoms with Gasteiger partial charge in [-0.1, -0.05) is 32.0 Å². The molecule has 3 aromatic rings. The molecule has 3 atom stereocenters. The normalized spacial score (nSPS) is 20.7. The third-order valence-electron chi connectivity index (χ3n) is 5.80. The topological polar surface area (TPSA) is 85.4 Å². The summed E-state index contributed by atoms with van der Waals surface area (Å²) in [5, 5.41) is 13.8. The Balaban J connectivity index is 1.66. The second-order valence-electron chi connectivity index (χ2n) is 8.47. The molecule has 0 aliphatic carbocycles. The zero-order valence-corrected chi connectivity index (χ0v) is 17.3. The van der Waals surface area contributed by atoms with E-state index in [9.17, 15) is 14.7 Å². The summed E-state index contributed by atoms with van der Waals surface area (Å²) in [5.74, 6) is -0.125. The van der Waals surface area contributed by atoms with Crippen LogP contribution >= 0.6 is 0 Å². The van der Waals surface area contributed by atoms with E-state index in [1.165, 1.54) is 0 Å². The van der Waals surface area contributed by atoms with Gasteiger partial charge >= 0.3 is 5.97 Å². The lowest BCUT2D eigenvalue weighted by Crippen LogP contribution is -2.43. The number of carboxylic acid groups (broad SMARTS) is 1. The number of aromatic amines is 1. The average molecular weight is 405 g/mol. The molecule has 0 spiro atoms. The van der Waals surface area contributed by atoms with Gasteiger partial charge in [-0.2, -0.15) is 0 Å². The molecule has 1 aliphatic rings. The minimum atomic E-state index is -0.851. The van der Waals surface area contributed by atoms with E-state index >= 15 is 0 Å². The van der Waals surface area contributed by atoms with E-state index in [0.29, 0.717) is 23.1 Å². The Kier molecular flexibility index (Phi) is 5.59. The number of rotatable bonds is 5. The van der Waals surface area contributed by atoms with Crippen molar-refractivity contribution in [2.24, 2.45) is 11.8 Å². The quantitative estimate of drug-likeness (QED) is 0.582. The highest BCUT2D eigenvalue weighted by Crippen LogP contribution is 2.34. The van der Waals surface area contributed by atoms with Crippen molar-refractivity contribution in [2.45, 2.75) is 26.3 Å². The molecule has 1 fully saturated rings. The molecule has 1 saturated heterocycles. The van der Waals surface area contributed by atoms with Crippen LogP contribution in [0.15, 0.2) is 54.7 Å². The minimum Gasteiger partial charge on any atom is -0.480 e. The number of H-pyrrole nitrogens is 1. The number of nitrogens with zero attached hydrogens (tertiary/aromatic N) is 1. The van der Waals surface area contributed by atoms with Crippen LogP contribution in [0.25, 0.3) is 10.9 Å². The molecule has 0 radical (unpaired) electrons. The second-order valence-corrected chi connectivity index (χ2v) is 8.47. The molecule has 6 heteroatoms. The van der Waals surface area contributed by atoms with Crippen LogP contribution in [0.1, 0.15) is 42.2 Å². The number of aliphatic carboxylic acids is 1. The molecule has 2 heterocycles. The summed E-state index contributed by atoms with van der Waals surface area (Å²) in [4.78, 5) is 30.1. The Bertz CT molecular complexity index is 1050. The summed E-state index contributed by atoms with van der Waals surface area (Å²) < 4.78 is 0. The molecule has 30 heavy (non-hydrogen) atoms. The Morgan fingerprint density at radius 3 is 2.47 bits per heavy atom. The van der Waals surface area contributed by atoms with Crippen molar-refractivity contribution in [3.05, 3.63) is 65.9 Å². The van der Waals surface area contributed by atoms with Gasteiger partial charge in [0, 0.05) is 47.0 Å². The predicted octanol–water partition coefficient (Wildman–Crippen LogP) is 4.52. The first-order valence-electron chi connectivity index (χ1n) is 10.4. The van der Waals surface area contributed by atoms with Crippen LogP contribution < -0.4 is 5.32 Å². The number of piperidine rings is 1. The molecule has 1 aliphatic heterocycles. The lowest BCUT2D eigenvalue weighted by atomic mass is 9.89. The van der Waals surface area contributed by atoms with Crippen molar-refractivity contribution in [3.8, 4) is 0 Å². The highest BCUT2D eigenvalue weighted by atomic mass is 16.4. The van der Waals surface area contributed by atoms with Crippen molar-refractivity contribution in [1.82, 2.24) is 9.88 Å². The van der Waals surface area contributed by atoms with E-state index in [1.54, 1.807) is 18.3 Å². The van der Waals surface area contributed by atoms with E-state index in [2.05, 4.69) is 29.0 Å². The van der Waals surface area contributed by atoms with Crippen LogP contribution in [0.3, 0.4) is 0 Å². The number of nitrogens with one attached hydrogen (secondary N) is 2. The van der Waals surface area contributed by atoms with E-state index in [4.69, 9.17) is 0 Å². The zero-order chi connectivity index (χ0) is 21.3. The maximum absolute atomic E-state index is 12.5. The molecule has 4 rings (SSSR count). The first kappa shape index (κ1) is 20.2. The summed E-state index contributed by atoms with van der Waals surface area (Å²) in [6, 6.07) is 13.9. The van der Waals surface area contributed by atoms with Crippen LogP contribution in [-0.2, 0) is 4.79 Å². The highest BCUT2D eigenvalue weighted by molar-refractivity contribution is 6.05. The Labute approximate surface area is 175 Å². The maximum atomic E-state index is 12.5. The van der Waals surface area contributed by atoms with E-state index in [1.807, 2.05) is 36.4 Å². The summed E-state index contributed by atoms with van der Waals surface area (Å²) in [7, 11) is 0. The lowest BCUT2D eigenvalue weighted by Gasteiger charge is -2.38. The van der Waals surface area contributed by atoms with Crippen molar-refractivity contribution in [2.75, 3.05) is 18.4 Å². The number of aromatic nitrogens is 1. The largest absolute Gasteiger partial charge is 0.480 e. The number of hydrogen-bond acceptors (Lipinski definition) is 3. The van der Waals surface area contributed by atoms with Gasteiger partial charge in [0.05, 0.1) is 0 Å². The van der Waals surface area contributed by atoms with Gasteiger partial charge in [-0.05, 0) is 48.6 Å². The summed E-state index contributed by atoms with van der Waals surface area (Å²) in [6.07, 6.45) is 2.91. The van der Waals surface area contributed by atoms with Gasteiger partial charge in [0.2, 0.25) is 0 Å². The number of likely N-dealkylation sites (tertiary alicyclic amines) is 1. The third-order valence-corrected chi connectivity index (χ3v) is 5.80. The van der Waals surface area contributed by atoms with E-state index in [-0.39, 0.29) is 5.91 Å². The fourth-order valence-corrected chi connectivity index (χ4v) is 4.65. The molecule has 1 aromatic heterocycles. The number of fused-ring (bicyclic) bond motifs is 1. The molecule has 0 bridgehead atoms. The smallest absolute Gasteiger partial charge is 0.325 e. The number of carbonyl (C=O) groups excluding carboxylic acids is 1. The third kappa shape index (κ3) is 4.09. The van der Waals surface area contributed by atoms with Gasteiger partial charge in [0.15, 0.2) is 0 Å². The number of amides is 1. The second kappa shape index (κ2) is 8.32. The van der Waals surface area contributed by atoms with Gasteiger partial charge in [-0.15, -0.1) is 0 Å². The predicted molar refractivity (Wildman–Crippen MR) is 118 cm³/mol. The molecule has 3 N–H and O–H groups in total. The number of hydrogen-bond donors (Lipinski definition) is 3. The number of carboxylic acids is 1. The molecule has 6 nitrogen and oxygen atoms in total. The standard InChI is InChI=1S/C24H27N3O3/c1-15-10-16(2)14-27(13-15)22(24(29)30)20-12-25-21-9-8-18(11-19(20)21)26-23(28)17-6-4-3-5-7-17/h3-9,11-12,15-16,22,25H,10,13-14H2,1-2H3,(H,26,28)(H,29,30). The van der Waals surface area contributed by atoms with Crippen LogP contribution in [-0.4, -0.2) is 40.0 Å². The molecule has 3 unspecified atom stereocenters. The maximum Gasteiger partial charge on any atom is 0.325 e. The van der Waals surface area contributed by atoms with Gasteiger partial charge in [-0.3, -0.25) is 14.5 Å². The SMILES string of the molecule is CC1CC(C)CN(C(C(=O)O)c2c[nH]c3ccc(NC(=O)c4ccccc4)cc23)C1. The van der Waals surface area contributed by atoms with Crippen molar-refractivity contribution in [1.29, 1.82) is 0 Å². The minimum absolute atomic E-state index is 0.194. The van der Waals surface area contributed by atoms with Gasteiger partial charge in [-0.25, -0.2) is 0 Å². The first-order chi connectivity index (χ1) is 14.4. The molecule has 1 amide bonds. The van der Waals surface area contributed by atoms with Crippen molar-refractivity contribution in [3.63, 3.8) is 0 Å². The summed E-state index contributed by atoms with van der Waals surface area (Å²) in [5.41, 5.74) is 2.80. The van der Waals surface area contributed by atoms with Crippen molar-refractivity contribution < 1.29 is 14.7 Å². The van der Waals surface area contributed by atoms with Gasteiger partial charge < -0.3 is 15.4 Å². The number of benzene rings is 2. The molecule has 156 valence electrons. The fourth-order valence-electron chi connectivity index (χ4n) is 4.65. The summed E-state index contributed by atoms with van der Waals surface area (Å²) >= 11 is 0. The molecule has 2 aromatic carbocycles. The average Bonchev–Trinajstić information content (AvgIpc) is 3.11. The fraction of sp³-hybridized carbons (Fsp3) is 0.333. The highest BCUT2D eigenvalue weighted by Gasteiger charge is 2.34. The van der Waals surface area contributed by atoms with Crippen LogP contribution in [0.5, 0.6) is 0 Å². The molecule has 0 saturated carbocycles. The van der Waals surface area contributed by atoms with Gasteiger partial charge in [0.25, 0.3) is 5.91 Å². The van der Waals surface area contributed by atoms with E-state index < -0.39 is 12.0 Å². The Morgan fingerprint density at radius 2 is 1.80 bits per heavy atom. The van der Waals surface area contributed by atoms with Crippen molar-refractivity contribution >= 4 is 28.5 Å². The Hall–Kier alpha value is -3.12. The van der Waals surface area contributed by atoms with Crippen LogP contribution in [0.4, 0.5) is 5.69 Å². The van der Waals surface area contributed by atoms with Crippen LogP contribution in [0, 0.1) is 11.8 Å².